The third kappa shape index (κ3) is 3.95. The lowest BCUT2D eigenvalue weighted by molar-refractivity contribution is 0.138. The Hall–Kier alpha value is -2.61. The molecule has 0 fully saturated rings. The van der Waals surface area contributed by atoms with Crippen LogP contribution in [-0.4, -0.2) is 27.4 Å². The topological polar surface area (TPSA) is 87.1 Å². The highest BCUT2D eigenvalue weighted by molar-refractivity contribution is 5.88. The Balaban J connectivity index is 1.97. The zero-order chi connectivity index (χ0) is 16.1. The molecule has 0 bridgehead atoms. The summed E-state index contributed by atoms with van der Waals surface area (Å²) in [5, 5.41) is 22.2. The third-order valence-corrected chi connectivity index (χ3v) is 2.93. The number of nitrogens with one attached hydrogen (secondary N) is 2. The second-order valence-corrected chi connectivity index (χ2v) is 4.61. The fraction of sp³-hybridized carbons (Fsp3) is 0.214. The summed E-state index contributed by atoms with van der Waals surface area (Å²) in [5.74, 6) is -1.82. The average molecular weight is 308 g/mol. The van der Waals surface area contributed by atoms with Gasteiger partial charge in [0, 0.05) is 6.20 Å². The van der Waals surface area contributed by atoms with Gasteiger partial charge < -0.3 is 10.4 Å². The first-order chi connectivity index (χ1) is 10.5. The number of benzene rings is 1. The molecule has 2 unspecified atom stereocenters. The molecule has 2 amide bonds. The zero-order valence-electron chi connectivity index (χ0n) is 11.6. The lowest BCUT2D eigenvalue weighted by Crippen LogP contribution is -2.40. The van der Waals surface area contributed by atoms with Gasteiger partial charge in [0.25, 0.3) is 0 Å². The molecular formula is C14H14F2N4O2. The van der Waals surface area contributed by atoms with E-state index < -0.39 is 29.8 Å². The lowest BCUT2D eigenvalue weighted by atomic mass is 10.0. The van der Waals surface area contributed by atoms with E-state index >= 15 is 0 Å². The summed E-state index contributed by atoms with van der Waals surface area (Å²) in [6.45, 7) is 1.53. The number of nitrogens with zero attached hydrogens (tertiary/aromatic N) is 2. The molecule has 0 aliphatic carbocycles. The molecule has 8 heteroatoms. The molecule has 22 heavy (non-hydrogen) atoms. The van der Waals surface area contributed by atoms with Crippen LogP contribution >= 0.6 is 0 Å². The maximum absolute atomic E-state index is 13.2. The van der Waals surface area contributed by atoms with Crippen molar-refractivity contribution in [2.75, 3.05) is 5.32 Å². The average Bonchev–Trinajstić information content (AvgIpc) is 2.50. The molecule has 2 atom stereocenters. The highest BCUT2D eigenvalue weighted by Crippen LogP contribution is 2.19. The number of halogens is 2. The highest BCUT2D eigenvalue weighted by Gasteiger charge is 2.20. The summed E-state index contributed by atoms with van der Waals surface area (Å²) in [4.78, 5) is 11.7. The summed E-state index contributed by atoms with van der Waals surface area (Å²) < 4.78 is 26.0. The highest BCUT2D eigenvalue weighted by atomic mass is 19.2. The Labute approximate surface area is 125 Å². The number of rotatable bonds is 4. The van der Waals surface area contributed by atoms with Crippen LogP contribution in [0.5, 0.6) is 0 Å². The van der Waals surface area contributed by atoms with Gasteiger partial charge in [-0.15, -0.1) is 5.10 Å². The van der Waals surface area contributed by atoms with Crippen LogP contribution in [0.4, 0.5) is 19.4 Å². The van der Waals surface area contributed by atoms with E-state index in [-0.39, 0.29) is 11.4 Å². The Bertz CT molecular complexity index is 655. The van der Waals surface area contributed by atoms with E-state index in [1.807, 2.05) is 0 Å². The minimum Gasteiger partial charge on any atom is -0.386 e. The Morgan fingerprint density at radius 1 is 1.27 bits per heavy atom. The fourth-order valence-electron chi connectivity index (χ4n) is 1.79. The van der Waals surface area contributed by atoms with Gasteiger partial charge in [0.2, 0.25) is 0 Å². The third-order valence-electron chi connectivity index (χ3n) is 2.93. The van der Waals surface area contributed by atoms with E-state index in [9.17, 15) is 18.7 Å². The number of amides is 2. The number of aliphatic hydroxyl groups excluding tert-OH is 1. The monoisotopic (exact) mass is 308 g/mol. The molecule has 0 spiro atoms. The first kappa shape index (κ1) is 15.8. The smallest absolute Gasteiger partial charge is 0.320 e. The van der Waals surface area contributed by atoms with Gasteiger partial charge in [0.05, 0.1) is 12.1 Å². The standard InChI is InChI=1S/C14H14F2N4O2/c1-8(13(21)9-4-5-10(15)11(16)7-9)18-14(22)19-12-3-2-6-17-20-12/h2-8,13,21H,1H3,(H2,18,19,20,22). The van der Waals surface area contributed by atoms with E-state index in [0.29, 0.717) is 0 Å². The maximum atomic E-state index is 13.2. The predicted molar refractivity (Wildman–Crippen MR) is 75.0 cm³/mol. The molecule has 1 aromatic heterocycles. The van der Waals surface area contributed by atoms with E-state index in [1.165, 1.54) is 19.2 Å². The number of aliphatic hydroxyl groups is 1. The fourth-order valence-corrected chi connectivity index (χ4v) is 1.79. The molecule has 0 radical (unpaired) electrons. The molecule has 3 N–H and O–H groups in total. The molecule has 0 aliphatic rings. The second kappa shape index (κ2) is 6.90. The Kier molecular flexibility index (Phi) is 4.95. The lowest BCUT2D eigenvalue weighted by Gasteiger charge is -2.20. The first-order valence-electron chi connectivity index (χ1n) is 6.45. The maximum Gasteiger partial charge on any atom is 0.320 e. The summed E-state index contributed by atoms with van der Waals surface area (Å²) in [5.41, 5.74) is 0.159. The molecule has 0 aliphatic heterocycles. The summed E-state index contributed by atoms with van der Waals surface area (Å²) in [6.07, 6.45) is 0.265. The van der Waals surface area contributed by atoms with Crippen LogP contribution in [0.1, 0.15) is 18.6 Å². The van der Waals surface area contributed by atoms with Crippen LogP contribution < -0.4 is 10.6 Å². The number of hydrogen-bond acceptors (Lipinski definition) is 4. The van der Waals surface area contributed by atoms with Crippen molar-refractivity contribution in [3.05, 3.63) is 53.7 Å². The number of aromatic nitrogens is 2. The van der Waals surface area contributed by atoms with E-state index in [2.05, 4.69) is 20.8 Å². The van der Waals surface area contributed by atoms with E-state index in [1.54, 1.807) is 12.1 Å². The van der Waals surface area contributed by atoms with Crippen molar-refractivity contribution in [1.82, 2.24) is 15.5 Å². The molecule has 2 aromatic rings. The first-order valence-corrected chi connectivity index (χ1v) is 6.45. The molecule has 2 rings (SSSR count). The van der Waals surface area contributed by atoms with Gasteiger partial charge in [-0.1, -0.05) is 6.07 Å². The normalized spacial score (nSPS) is 13.3. The number of carbonyl (C=O) groups is 1. The van der Waals surface area contributed by atoms with Crippen molar-refractivity contribution in [2.45, 2.75) is 19.1 Å². The van der Waals surface area contributed by atoms with Crippen molar-refractivity contribution in [2.24, 2.45) is 0 Å². The minimum absolute atomic E-state index is 0.159. The van der Waals surface area contributed by atoms with Crippen LogP contribution in [0, 0.1) is 11.6 Å². The van der Waals surface area contributed by atoms with Crippen molar-refractivity contribution in [3.8, 4) is 0 Å². The molecular weight excluding hydrogens is 294 g/mol. The van der Waals surface area contributed by atoms with Crippen molar-refractivity contribution >= 4 is 11.8 Å². The molecule has 0 saturated carbocycles. The van der Waals surface area contributed by atoms with Crippen molar-refractivity contribution in [3.63, 3.8) is 0 Å². The van der Waals surface area contributed by atoms with Gasteiger partial charge in [-0.05, 0) is 36.8 Å². The van der Waals surface area contributed by atoms with Crippen molar-refractivity contribution in [1.29, 1.82) is 0 Å². The molecule has 1 aromatic carbocycles. The largest absolute Gasteiger partial charge is 0.386 e. The Morgan fingerprint density at radius 2 is 2.05 bits per heavy atom. The summed E-state index contributed by atoms with van der Waals surface area (Å²) in [6, 6.07) is 4.86. The number of carbonyl (C=O) groups excluding carboxylic acids is 1. The predicted octanol–water partition coefficient (Wildman–Crippen LogP) is 2.00. The summed E-state index contributed by atoms with van der Waals surface area (Å²) >= 11 is 0. The van der Waals surface area contributed by atoms with Crippen molar-refractivity contribution < 1.29 is 18.7 Å². The summed E-state index contributed by atoms with van der Waals surface area (Å²) in [7, 11) is 0. The number of urea groups is 1. The van der Waals surface area contributed by atoms with Crippen LogP contribution in [0.3, 0.4) is 0 Å². The van der Waals surface area contributed by atoms with Gasteiger partial charge >= 0.3 is 6.03 Å². The van der Waals surface area contributed by atoms with Gasteiger partial charge in [0.15, 0.2) is 17.5 Å². The zero-order valence-corrected chi connectivity index (χ0v) is 11.6. The van der Waals surface area contributed by atoms with Gasteiger partial charge in [-0.25, -0.2) is 13.6 Å². The quantitative estimate of drug-likeness (QED) is 0.806. The van der Waals surface area contributed by atoms with Crippen LogP contribution in [0.15, 0.2) is 36.5 Å². The van der Waals surface area contributed by atoms with E-state index in [0.717, 1.165) is 12.1 Å². The second-order valence-electron chi connectivity index (χ2n) is 4.61. The van der Waals surface area contributed by atoms with Gasteiger partial charge in [0.1, 0.15) is 0 Å². The van der Waals surface area contributed by atoms with Crippen LogP contribution in [0.25, 0.3) is 0 Å². The van der Waals surface area contributed by atoms with Crippen LogP contribution in [0.2, 0.25) is 0 Å². The molecule has 6 nitrogen and oxygen atoms in total. The minimum atomic E-state index is -1.19. The van der Waals surface area contributed by atoms with E-state index in [4.69, 9.17) is 0 Å². The molecule has 1 heterocycles. The van der Waals surface area contributed by atoms with Gasteiger partial charge in [-0.2, -0.15) is 5.10 Å². The number of hydrogen-bond donors (Lipinski definition) is 3. The van der Waals surface area contributed by atoms with Gasteiger partial charge in [-0.3, -0.25) is 5.32 Å². The Morgan fingerprint density at radius 3 is 2.68 bits per heavy atom. The number of anilines is 1. The van der Waals surface area contributed by atoms with Crippen LogP contribution in [-0.2, 0) is 0 Å². The SMILES string of the molecule is CC(NC(=O)Nc1cccnn1)C(O)c1ccc(F)c(F)c1. The molecule has 0 saturated heterocycles. The molecule has 116 valence electrons.